The predicted octanol–water partition coefficient (Wildman–Crippen LogP) is 4.08. The van der Waals surface area contributed by atoms with Gasteiger partial charge in [-0.05, 0) is 35.7 Å². The fourth-order valence-corrected chi connectivity index (χ4v) is 3.45. The second-order valence-corrected chi connectivity index (χ2v) is 6.46. The van der Waals surface area contributed by atoms with Gasteiger partial charge in [0.25, 0.3) is 0 Å². The number of hydrogen-bond donors (Lipinski definition) is 1. The first-order chi connectivity index (χ1) is 10.2. The van der Waals surface area contributed by atoms with Gasteiger partial charge in [-0.1, -0.05) is 23.4 Å². The Kier molecular flexibility index (Phi) is 4.38. The first-order valence-electron chi connectivity index (χ1n) is 6.09. The molecule has 3 rings (SSSR count). The summed E-state index contributed by atoms with van der Waals surface area (Å²) in [6.07, 6.45) is 1.53. The molecule has 0 radical (unpaired) electrons. The fraction of sp³-hybridized carbons (Fsp3) is 0.0714. The van der Waals surface area contributed by atoms with Crippen molar-refractivity contribution in [3.63, 3.8) is 0 Å². The number of amides is 1. The second kappa shape index (κ2) is 6.43. The monoisotopic (exact) mass is 335 g/mol. The van der Waals surface area contributed by atoms with Crippen LogP contribution >= 0.6 is 34.7 Å². The average molecular weight is 336 g/mol. The number of carbonyl (C=O) groups is 1. The van der Waals surface area contributed by atoms with Crippen molar-refractivity contribution in [1.29, 1.82) is 0 Å². The summed E-state index contributed by atoms with van der Waals surface area (Å²) in [5.41, 5.74) is 0.730. The molecule has 0 bridgehead atoms. The van der Waals surface area contributed by atoms with Gasteiger partial charge in [-0.25, -0.2) is 9.97 Å². The molecule has 1 N–H and O–H groups in total. The zero-order chi connectivity index (χ0) is 14.7. The molecule has 0 aliphatic carbocycles. The zero-order valence-electron chi connectivity index (χ0n) is 10.7. The largest absolute Gasteiger partial charge is 0.325 e. The molecule has 1 aromatic carbocycles. The first kappa shape index (κ1) is 14.3. The number of carbonyl (C=O) groups excluding carboxylic acids is 1. The van der Waals surface area contributed by atoms with Crippen LogP contribution in [0, 0.1) is 0 Å². The molecule has 1 amide bonds. The molecule has 3 aromatic rings. The van der Waals surface area contributed by atoms with E-state index < -0.39 is 0 Å². The standard InChI is InChI=1S/C14H10ClN3OS2/c15-9-1-3-10(4-2-9)18-12(19)7-21-14-11-5-6-20-13(11)16-8-17-14/h1-6,8H,7H2,(H,18,19). The van der Waals surface area contributed by atoms with Crippen LogP contribution in [-0.2, 0) is 4.79 Å². The summed E-state index contributed by atoms with van der Waals surface area (Å²) >= 11 is 8.77. The summed E-state index contributed by atoms with van der Waals surface area (Å²) in [4.78, 5) is 21.3. The molecule has 0 saturated heterocycles. The van der Waals surface area contributed by atoms with E-state index in [9.17, 15) is 4.79 Å². The van der Waals surface area contributed by atoms with Crippen molar-refractivity contribution in [1.82, 2.24) is 9.97 Å². The lowest BCUT2D eigenvalue weighted by molar-refractivity contribution is -0.113. The van der Waals surface area contributed by atoms with Gasteiger partial charge in [0.2, 0.25) is 5.91 Å². The smallest absolute Gasteiger partial charge is 0.234 e. The van der Waals surface area contributed by atoms with E-state index in [1.54, 1.807) is 35.6 Å². The molecule has 0 atom stereocenters. The third kappa shape index (κ3) is 3.53. The summed E-state index contributed by atoms with van der Waals surface area (Å²) in [6.45, 7) is 0. The molecule has 4 nitrogen and oxygen atoms in total. The Morgan fingerprint density at radius 2 is 2.05 bits per heavy atom. The number of hydrogen-bond acceptors (Lipinski definition) is 5. The molecule has 0 fully saturated rings. The Morgan fingerprint density at radius 3 is 2.86 bits per heavy atom. The Balaban J connectivity index is 1.63. The summed E-state index contributed by atoms with van der Waals surface area (Å²) in [6, 6.07) is 8.99. The fourth-order valence-electron chi connectivity index (χ4n) is 1.75. The van der Waals surface area contributed by atoms with Gasteiger partial charge in [0.05, 0.1) is 5.75 Å². The maximum Gasteiger partial charge on any atom is 0.234 e. The van der Waals surface area contributed by atoms with E-state index in [1.807, 2.05) is 11.4 Å². The van der Waals surface area contributed by atoms with Crippen LogP contribution in [0.2, 0.25) is 5.02 Å². The van der Waals surface area contributed by atoms with Crippen molar-refractivity contribution >= 4 is 56.5 Å². The number of anilines is 1. The zero-order valence-corrected chi connectivity index (χ0v) is 13.1. The van der Waals surface area contributed by atoms with Crippen LogP contribution in [-0.4, -0.2) is 21.6 Å². The van der Waals surface area contributed by atoms with E-state index >= 15 is 0 Å². The van der Waals surface area contributed by atoms with Crippen LogP contribution in [0.25, 0.3) is 10.2 Å². The Labute approximate surface area is 134 Å². The van der Waals surface area contributed by atoms with Crippen molar-refractivity contribution in [3.8, 4) is 0 Å². The summed E-state index contributed by atoms with van der Waals surface area (Å²) in [7, 11) is 0. The second-order valence-electron chi connectivity index (χ2n) is 4.16. The molecular formula is C14H10ClN3OS2. The van der Waals surface area contributed by atoms with Gasteiger partial charge in [-0.3, -0.25) is 4.79 Å². The lowest BCUT2D eigenvalue weighted by Gasteiger charge is -2.05. The normalized spacial score (nSPS) is 10.7. The Hall–Kier alpha value is -1.63. The molecule has 2 heterocycles. The molecule has 0 saturated carbocycles. The van der Waals surface area contributed by atoms with Crippen LogP contribution in [0.15, 0.2) is 47.1 Å². The third-order valence-electron chi connectivity index (χ3n) is 2.69. The minimum atomic E-state index is -0.0793. The van der Waals surface area contributed by atoms with Crippen LogP contribution in [0.1, 0.15) is 0 Å². The molecule has 0 unspecified atom stereocenters. The van der Waals surface area contributed by atoms with Gasteiger partial charge in [0.1, 0.15) is 16.2 Å². The minimum Gasteiger partial charge on any atom is -0.325 e. The minimum absolute atomic E-state index is 0.0793. The highest BCUT2D eigenvalue weighted by Gasteiger charge is 2.08. The van der Waals surface area contributed by atoms with Crippen LogP contribution in [0.3, 0.4) is 0 Å². The number of aromatic nitrogens is 2. The van der Waals surface area contributed by atoms with E-state index in [4.69, 9.17) is 11.6 Å². The van der Waals surface area contributed by atoms with Gasteiger partial charge < -0.3 is 5.32 Å². The van der Waals surface area contributed by atoms with Crippen molar-refractivity contribution in [2.75, 3.05) is 11.1 Å². The molecule has 0 spiro atoms. The summed E-state index contributed by atoms with van der Waals surface area (Å²) < 4.78 is 0. The molecule has 21 heavy (non-hydrogen) atoms. The van der Waals surface area contributed by atoms with Gasteiger partial charge in [0, 0.05) is 16.1 Å². The highest BCUT2D eigenvalue weighted by Crippen LogP contribution is 2.27. The van der Waals surface area contributed by atoms with E-state index in [0.717, 1.165) is 20.9 Å². The number of benzene rings is 1. The predicted molar refractivity (Wildman–Crippen MR) is 88.2 cm³/mol. The molecule has 2 aromatic heterocycles. The number of fused-ring (bicyclic) bond motifs is 1. The van der Waals surface area contributed by atoms with Gasteiger partial charge in [-0.15, -0.1) is 11.3 Å². The number of nitrogens with zero attached hydrogens (tertiary/aromatic N) is 2. The van der Waals surface area contributed by atoms with Crippen molar-refractivity contribution in [2.24, 2.45) is 0 Å². The van der Waals surface area contributed by atoms with Crippen molar-refractivity contribution in [2.45, 2.75) is 5.03 Å². The maximum atomic E-state index is 11.9. The Bertz CT molecular complexity index is 773. The van der Waals surface area contributed by atoms with E-state index in [2.05, 4.69) is 15.3 Å². The number of nitrogens with one attached hydrogen (secondary N) is 1. The van der Waals surface area contributed by atoms with E-state index in [0.29, 0.717) is 10.8 Å². The lowest BCUT2D eigenvalue weighted by Crippen LogP contribution is -2.14. The number of thiophene rings is 1. The van der Waals surface area contributed by atoms with Crippen LogP contribution in [0.4, 0.5) is 5.69 Å². The van der Waals surface area contributed by atoms with Crippen LogP contribution in [0.5, 0.6) is 0 Å². The summed E-state index contributed by atoms with van der Waals surface area (Å²) in [5, 5.41) is 7.25. The molecule has 106 valence electrons. The van der Waals surface area contributed by atoms with E-state index in [1.165, 1.54) is 18.1 Å². The average Bonchev–Trinajstić information content (AvgIpc) is 2.96. The van der Waals surface area contributed by atoms with Gasteiger partial charge in [0.15, 0.2) is 0 Å². The SMILES string of the molecule is O=C(CSc1ncnc2sccc12)Nc1ccc(Cl)cc1. The van der Waals surface area contributed by atoms with Gasteiger partial charge in [-0.2, -0.15) is 0 Å². The van der Waals surface area contributed by atoms with E-state index in [-0.39, 0.29) is 5.91 Å². The number of halogens is 1. The van der Waals surface area contributed by atoms with Crippen LogP contribution < -0.4 is 5.32 Å². The highest BCUT2D eigenvalue weighted by atomic mass is 35.5. The highest BCUT2D eigenvalue weighted by molar-refractivity contribution is 8.00. The first-order valence-corrected chi connectivity index (χ1v) is 8.33. The molecular weight excluding hydrogens is 326 g/mol. The molecule has 7 heteroatoms. The van der Waals surface area contributed by atoms with Crippen molar-refractivity contribution < 1.29 is 4.79 Å². The molecule has 0 aliphatic rings. The quantitative estimate of drug-likeness (QED) is 0.576. The lowest BCUT2D eigenvalue weighted by atomic mass is 10.3. The van der Waals surface area contributed by atoms with Gasteiger partial charge >= 0.3 is 0 Å². The maximum absolute atomic E-state index is 11.9. The number of thioether (sulfide) groups is 1. The topological polar surface area (TPSA) is 54.9 Å². The third-order valence-corrected chi connectivity index (χ3v) is 4.77. The number of rotatable bonds is 4. The Morgan fingerprint density at radius 1 is 1.24 bits per heavy atom. The van der Waals surface area contributed by atoms with Crippen molar-refractivity contribution in [3.05, 3.63) is 47.1 Å². The summed E-state index contributed by atoms with van der Waals surface area (Å²) in [5.74, 6) is 0.217. The molecule has 0 aliphatic heterocycles.